The topological polar surface area (TPSA) is 114 Å². The average Bonchev–Trinajstić information content (AvgIpc) is 3.38. The third-order valence-electron chi connectivity index (χ3n) is 6.87. The third-order valence-corrected chi connectivity index (χ3v) is 6.87. The van der Waals surface area contributed by atoms with Crippen LogP contribution in [0, 0.1) is 5.92 Å². The summed E-state index contributed by atoms with van der Waals surface area (Å²) in [4.78, 5) is 38.2. The van der Waals surface area contributed by atoms with Crippen molar-refractivity contribution in [3.8, 4) is 0 Å². The number of fused-ring (bicyclic) bond motifs is 1. The van der Waals surface area contributed by atoms with Crippen molar-refractivity contribution in [2.24, 2.45) is 11.7 Å². The van der Waals surface area contributed by atoms with Crippen LogP contribution in [0.1, 0.15) is 45.9 Å². The molecule has 0 aromatic heterocycles. The maximum Gasteiger partial charge on any atom is 0.255 e. The lowest BCUT2D eigenvalue weighted by molar-refractivity contribution is -0.136. The molecule has 33 heavy (non-hydrogen) atoms. The molecule has 0 bridgehead atoms. The molecule has 3 aliphatic heterocycles. The molecule has 172 valence electrons. The van der Waals surface area contributed by atoms with E-state index in [2.05, 4.69) is 22.8 Å². The van der Waals surface area contributed by atoms with Crippen LogP contribution in [0.3, 0.4) is 0 Å². The van der Waals surface area contributed by atoms with Gasteiger partial charge in [0.1, 0.15) is 6.04 Å². The Morgan fingerprint density at radius 2 is 1.94 bits per heavy atom. The van der Waals surface area contributed by atoms with Gasteiger partial charge in [0.05, 0.1) is 13.2 Å². The zero-order valence-electron chi connectivity index (χ0n) is 18.3. The van der Waals surface area contributed by atoms with E-state index in [9.17, 15) is 14.4 Å². The molecule has 2 fully saturated rings. The monoisotopic (exact) mass is 448 g/mol. The van der Waals surface area contributed by atoms with E-state index in [1.54, 1.807) is 4.90 Å². The van der Waals surface area contributed by atoms with Gasteiger partial charge in [0.25, 0.3) is 5.91 Å². The quantitative estimate of drug-likeness (QED) is 0.574. The van der Waals surface area contributed by atoms with E-state index in [1.165, 1.54) is 5.56 Å². The van der Waals surface area contributed by atoms with Crippen LogP contribution < -0.4 is 16.4 Å². The maximum absolute atomic E-state index is 12.9. The summed E-state index contributed by atoms with van der Waals surface area (Å²) < 4.78 is 5.62. The molecule has 8 nitrogen and oxygen atoms in total. The number of nitrogens with two attached hydrogens (primary N) is 1. The molecule has 0 saturated carbocycles. The Morgan fingerprint density at radius 1 is 1.12 bits per heavy atom. The van der Waals surface area contributed by atoms with E-state index in [1.807, 2.05) is 36.4 Å². The first-order chi connectivity index (χ1) is 16.0. The molecule has 0 aliphatic carbocycles. The Kier molecular flexibility index (Phi) is 5.97. The van der Waals surface area contributed by atoms with E-state index < -0.39 is 11.9 Å². The fourth-order valence-corrected chi connectivity index (χ4v) is 5.07. The van der Waals surface area contributed by atoms with Crippen LogP contribution in [0.15, 0.2) is 48.5 Å². The number of piperidine rings is 1. The molecule has 2 unspecified atom stereocenters. The van der Waals surface area contributed by atoms with Crippen LogP contribution in [-0.2, 0) is 27.4 Å². The smallest absolute Gasteiger partial charge is 0.255 e. The Balaban J connectivity index is 1.31. The summed E-state index contributed by atoms with van der Waals surface area (Å²) >= 11 is 0. The normalized spacial score (nSPS) is 25.8. The van der Waals surface area contributed by atoms with Crippen molar-refractivity contribution < 1.29 is 19.1 Å². The van der Waals surface area contributed by atoms with E-state index in [0.29, 0.717) is 38.3 Å². The van der Waals surface area contributed by atoms with Crippen molar-refractivity contribution in [3.05, 3.63) is 70.8 Å². The Bertz CT molecular complexity index is 1070. The molecule has 0 radical (unpaired) electrons. The molecule has 5 rings (SSSR count). The maximum atomic E-state index is 12.9. The van der Waals surface area contributed by atoms with Crippen molar-refractivity contribution in [3.63, 3.8) is 0 Å². The highest BCUT2D eigenvalue weighted by molar-refractivity contribution is 6.05. The number of hydrogen-bond donors (Lipinski definition) is 3. The highest BCUT2D eigenvalue weighted by Gasteiger charge is 2.39. The first-order valence-electron chi connectivity index (χ1n) is 11.4. The van der Waals surface area contributed by atoms with Gasteiger partial charge in [0, 0.05) is 43.1 Å². The van der Waals surface area contributed by atoms with Crippen LogP contribution in [0.2, 0.25) is 0 Å². The second-order valence-corrected chi connectivity index (χ2v) is 9.03. The second-order valence-electron chi connectivity index (χ2n) is 9.03. The minimum Gasteiger partial charge on any atom is -0.379 e. The van der Waals surface area contributed by atoms with Gasteiger partial charge in [-0.25, -0.2) is 0 Å². The number of benzene rings is 2. The van der Waals surface area contributed by atoms with E-state index in [0.717, 1.165) is 11.1 Å². The fraction of sp³-hybridized carbons (Fsp3) is 0.400. The number of carbonyl (C=O) groups is 3. The average molecular weight is 449 g/mol. The van der Waals surface area contributed by atoms with E-state index in [-0.39, 0.29) is 36.2 Å². The van der Waals surface area contributed by atoms with Gasteiger partial charge in [0.15, 0.2) is 0 Å². The molecule has 2 saturated heterocycles. The number of carbonyl (C=O) groups excluding carboxylic acids is 3. The molecule has 2 aromatic carbocycles. The van der Waals surface area contributed by atoms with Gasteiger partial charge in [-0.2, -0.15) is 0 Å². The number of hydrogen-bond acceptors (Lipinski definition) is 6. The van der Waals surface area contributed by atoms with Crippen LogP contribution in [0.25, 0.3) is 0 Å². The van der Waals surface area contributed by atoms with Crippen LogP contribution in [0.4, 0.5) is 0 Å². The van der Waals surface area contributed by atoms with Crippen molar-refractivity contribution in [2.45, 2.75) is 44.1 Å². The highest BCUT2D eigenvalue weighted by Crippen LogP contribution is 2.30. The largest absolute Gasteiger partial charge is 0.379 e. The van der Waals surface area contributed by atoms with Crippen LogP contribution in [-0.4, -0.2) is 47.9 Å². The zero-order valence-corrected chi connectivity index (χ0v) is 18.3. The first kappa shape index (κ1) is 21.8. The molecule has 4 N–H and O–H groups in total. The number of nitrogens with zero attached hydrogens (tertiary/aromatic N) is 1. The number of imide groups is 1. The summed E-state index contributed by atoms with van der Waals surface area (Å²) in [7, 11) is 0. The molecule has 3 aliphatic rings. The predicted octanol–water partition coefficient (Wildman–Crippen LogP) is 1.25. The standard InChI is InChI=1S/C25H28N4O4/c26-20-14-33-13-19(20)23(16-4-2-1-3-5-16)27-11-15-6-7-18-17(10-15)12-29(25(18)32)21-8-9-22(30)28-24(21)31/h1-7,10,19-21,23,27H,8-9,11-14,26H2,(H,28,30,31)/t19-,20-,21?,23?/m1/s1. The Hall–Kier alpha value is -3.07. The van der Waals surface area contributed by atoms with Crippen LogP contribution in [0.5, 0.6) is 0 Å². The molecule has 0 spiro atoms. The van der Waals surface area contributed by atoms with E-state index in [4.69, 9.17) is 10.5 Å². The minimum atomic E-state index is -0.601. The SMILES string of the molecule is N[C@@H]1COC[C@H]1C(NCc1ccc2c(c1)CN(C1CCC(=O)NC1=O)C2=O)c1ccccc1. The van der Waals surface area contributed by atoms with Crippen LogP contribution >= 0.6 is 0 Å². The van der Waals surface area contributed by atoms with Crippen molar-refractivity contribution in [2.75, 3.05) is 13.2 Å². The minimum absolute atomic E-state index is 0.0255. The number of rotatable bonds is 6. The first-order valence-corrected chi connectivity index (χ1v) is 11.4. The summed E-state index contributed by atoms with van der Waals surface area (Å²) in [6, 6.07) is 15.5. The fourth-order valence-electron chi connectivity index (χ4n) is 5.07. The molecule has 2 aromatic rings. The molecular formula is C25H28N4O4. The zero-order chi connectivity index (χ0) is 22.9. The van der Waals surface area contributed by atoms with Crippen molar-refractivity contribution >= 4 is 17.7 Å². The molecule has 3 amide bonds. The van der Waals surface area contributed by atoms with Gasteiger partial charge >= 0.3 is 0 Å². The van der Waals surface area contributed by atoms with E-state index >= 15 is 0 Å². The second kappa shape index (κ2) is 9.05. The van der Waals surface area contributed by atoms with Gasteiger partial charge in [-0.1, -0.05) is 42.5 Å². The molecule has 8 heteroatoms. The Morgan fingerprint density at radius 3 is 2.67 bits per heavy atom. The third kappa shape index (κ3) is 4.29. The summed E-state index contributed by atoms with van der Waals surface area (Å²) in [6.45, 7) is 2.17. The van der Waals surface area contributed by atoms with Gasteiger partial charge in [0.2, 0.25) is 11.8 Å². The molecule has 4 atom stereocenters. The number of ether oxygens (including phenoxy) is 1. The van der Waals surface area contributed by atoms with Gasteiger partial charge < -0.3 is 20.7 Å². The number of amides is 3. The summed E-state index contributed by atoms with van der Waals surface area (Å²) in [5.41, 5.74) is 10.1. The Labute approximate surface area is 192 Å². The van der Waals surface area contributed by atoms with Gasteiger partial charge in [-0.15, -0.1) is 0 Å². The summed E-state index contributed by atoms with van der Waals surface area (Å²) in [6.07, 6.45) is 0.612. The lowest BCUT2D eigenvalue weighted by Crippen LogP contribution is -2.52. The lowest BCUT2D eigenvalue weighted by atomic mass is 9.89. The lowest BCUT2D eigenvalue weighted by Gasteiger charge is -2.29. The molecule has 3 heterocycles. The predicted molar refractivity (Wildman–Crippen MR) is 121 cm³/mol. The van der Waals surface area contributed by atoms with Crippen molar-refractivity contribution in [1.82, 2.24) is 15.5 Å². The number of nitrogens with one attached hydrogen (secondary N) is 2. The highest BCUT2D eigenvalue weighted by atomic mass is 16.5. The van der Waals surface area contributed by atoms with Crippen molar-refractivity contribution in [1.29, 1.82) is 0 Å². The van der Waals surface area contributed by atoms with Gasteiger partial charge in [-0.3, -0.25) is 19.7 Å². The van der Waals surface area contributed by atoms with Gasteiger partial charge in [-0.05, 0) is 29.2 Å². The molecular weight excluding hydrogens is 420 g/mol. The summed E-state index contributed by atoms with van der Waals surface area (Å²) in [5, 5.41) is 5.99. The summed E-state index contributed by atoms with van der Waals surface area (Å²) in [5.74, 6) is -0.661.